The third-order valence-electron chi connectivity index (χ3n) is 3.66. The lowest BCUT2D eigenvalue weighted by Crippen LogP contribution is -2.08. The SMILES string of the molecule is CCc1cc(O)cc(Cc2ccccc2)c1OCC1CO1. The summed E-state index contributed by atoms with van der Waals surface area (Å²) in [6.07, 6.45) is 1.81. The summed E-state index contributed by atoms with van der Waals surface area (Å²) in [6, 6.07) is 13.8. The van der Waals surface area contributed by atoms with Crippen LogP contribution in [0.15, 0.2) is 42.5 Å². The van der Waals surface area contributed by atoms with Gasteiger partial charge in [0, 0.05) is 12.0 Å². The van der Waals surface area contributed by atoms with Crippen LogP contribution in [0.4, 0.5) is 0 Å². The van der Waals surface area contributed by atoms with Crippen LogP contribution >= 0.6 is 0 Å². The molecule has 1 atom stereocenters. The second kappa shape index (κ2) is 6.19. The van der Waals surface area contributed by atoms with Crippen LogP contribution in [0.25, 0.3) is 0 Å². The van der Waals surface area contributed by atoms with Crippen LogP contribution in [-0.2, 0) is 17.6 Å². The van der Waals surface area contributed by atoms with Gasteiger partial charge in [-0.3, -0.25) is 0 Å². The zero-order valence-corrected chi connectivity index (χ0v) is 12.2. The molecule has 3 rings (SSSR count). The van der Waals surface area contributed by atoms with E-state index in [1.165, 1.54) is 5.56 Å². The zero-order valence-electron chi connectivity index (χ0n) is 12.2. The van der Waals surface area contributed by atoms with E-state index < -0.39 is 0 Å². The molecule has 1 saturated heterocycles. The standard InChI is InChI=1S/C18H20O3/c1-2-14-9-16(19)10-15(8-13-6-4-3-5-7-13)18(14)21-12-17-11-20-17/h3-7,9-10,17,19H,2,8,11-12H2,1H3. The highest BCUT2D eigenvalue weighted by atomic mass is 16.6. The fourth-order valence-electron chi connectivity index (χ4n) is 2.47. The Morgan fingerprint density at radius 1 is 1.19 bits per heavy atom. The predicted molar refractivity (Wildman–Crippen MR) is 82.0 cm³/mol. The van der Waals surface area contributed by atoms with Gasteiger partial charge in [-0.25, -0.2) is 0 Å². The summed E-state index contributed by atoms with van der Waals surface area (Å²) in [5.74, 6) is 1.20. The van der Waals surface area contributed by atoms with Crippen molar-refractivity contribution in [3.8, 4) is 11.5 Å². The van der Waals surface area contributed by atoms with Crippen LogP contribution in [0.3, 0.4) is 0 Å². The van der Waals surface area contributed by atoms with Crippen molar-refractivity contribution in [2.75, 3.05) is 13.2 Å². The van der Waals surface area contributed by atoms with E-state index in [0.717, 1.165) is 36.3 Å². The number of hydrogen-bond donors (Lipinski definition) is 1. The lowest BCUT2D eigenvalue weighted by Gasteiger charge is -2.16. The molecule has 0 aromatic heterocycles. The Balaban J connectivity index is 1.89. The van der Waals surface area contributed by atoms with Crippen LogP contribution in [-0.4, -0.2) is 24.4 Å². The molecule has 0 saturated carbocycles. The summed E-state index contributed by atoms with van der Waals surface area (Å²) in [5, 5.41) is 9.94. The quantitative estimate of drug-likeness (QED) is 0.827. The first kappa shape index (κ1) is 14.0. The van der Waals surface area contributed by atoms with E-state index in [4.69, 9.17) is 9.47 Å². The molecule has 0 aliphatic carbocycles. The van der Waals surface area contributed by atoms with Gasteiger partial charge in [0.05, 0.1) is 6.61 Å². The van der Waals surface area contributed by atoms with Gasteiger partial charge in [-0.05, 0) is 29.7 Å². The van der Waals surface area contributed by atoms with E-state index in [9.17, 15) is 5.11 Å². The maximum Gasteiger partial charge on any atom is 0.126 e. The van der Waals surface area contributed by atoms with Gasteiger partial charge >= 0.3 is 0 Å². The van der Waals surface area contributed by atoms with Crippen LogP contribution in [0.2, 0.25) is 0 Å². The summed E-state index contributed by atoms with van der Waals surface area (Å²) in [5.41, 5.74) is 3.28. The molecule has 3 heteroatoms. The van der Waals surface area contributed by atoms with Gasteiger partial charge in [0.15, 0.2) is 0 Å². The van der Waals surface area contributed by atoms with E-state index in [1.54, 1.807) is 12.1 Å². The Kier molecular flexibility index (Phi) is 4.11. The molecule has 1 heterocycles. The summed E-state index contributed by atoms with van der Waals surface area (Å²) in [6.45, 7) is 3.44. The second-order valence-corrected chi connectivity index (χ2v) is 5.38. The van der Waals surface area contributed by atoms with Crippen LogP contribution in [0.1, 0.15) is 23.6 Å². The lowest BCUT2D eigenvalue weighted by atomic mass is 9.99. The Morgan fingerprint density at radius 3 is 2.57 bits per heavy atom. The average Bonchev–Trinajstić information content (AvgIpc) is 3.31. The summed E-state index contributed by atoms with van der Waals surface area (Å²) < 4.78 is 11.2. The van der Waals surface area contributed by atoms with Crippen molar-refractivity contribution in [3.63, 3.8) is 0 Å². The lowest BCUT2D eigenvalue weighted by molar-refractivity contribution is 0.259. The number of hydrogen-bond acceptors (Lipinski definition) is 3. The summed E-state index contributed by atoms with van der Waals surface area (Å²) >= 11 is 0. The highest BCUT2D eigenvalue weighted by Crippen LogP contribution is 2.32. The minimum Gasteiger partial charge on any atom is -0.508 e. The number of rotatable bonds is 6. The highest BCUT2D eigenvalue weighted by molar-refractivity contribution is 5.48. The van der Waals surface area contributed by atoms with Crippen LogP contribution in [0.5, 0.6) is 11.5 Å². The number of ether oxygens (including phenoxy) is 2. The molecule has 0 spiro atoms. The number of epoxide rings is 1. The number of aryl methyl sites for hydroxylation is 1. The summed E-state index contributed by atoms with van der Waals surface area (Å²) in [7, 11) is 0. The molecule has 3 nitrogen and oxygen atoms in total. The average molecular weight is 284 g/mol. The fourth-order valence-corrected chi connectivity index (χ4v) is 2.47. The Bertz CT molecular complexity index is 603. The Morgan fingerprint density at radius 2 is 1.90 bits per heavy atom. The molecule has 1 N–H and O–H groups in total. The molecule has 2 aromatic rings. The largest absolute Gasteiger partial charge is 0.508 e. The molecule has 1 fully saturated rings. The molecule has 110 valence electrons. The van der Waals surface area contributed by atoms with E-state index in [1.807, 2.05) is 18.2 Å². The molecule has 0 bridgehead atoms. The van der Waals surface area contributed by atoms with Crippen molar-refractivity contribution in [2.24, 2.45) is 0 Å². The molecule has 0 radical (unpaired) electrons. The van der Waals surface area contributed by atoms with Gasteiger partial charge in [0.1, 0.15) is 24.2 Å². The van der Waals surface area contributed by atoms with Crippen molar-refractivity contribution in [2.45, 2.75) is 25.9 Å². The van der Waals surface area contributed by atoms with Crippen molar-refractivity contribution in [1.29, 1.82) is 0 Å². The van der Waals surface area contributed by atoms with Crippen molar-refractivity contribution < 1.29 is 14.6 Å². The topological polar surface area (TPSA) is 42.0 Å². The van der Waals surface area contributed by atoms with Gasteiger partial charge < -0.3 is 14.6 Å². The molecular formula is C18H20O3. The molecule has 2 aromatic carbocycles. The maximum atomic E-state index is 9.94. The first-order valence-electron chi connectivity index (χ1n) is 7.39. The van der Waals surface area contributed by atoms with E-state index in [2.05, 4.69) is 19.1 Å². The second-order valence-electron chi connectivity index (χ2n) is 5.38. The highest BCUT2D eigenvalue weighted by Gasteiger charge is 2.24. The van der Waals surface area contributed by atoms with E-state index in [0.29, 0.717) is 12.4 Å². The zero-order chi connectivity index (χ0) is 14.7. The molecule has 1 aliphatic rings. The van der Waals surface area contributed by atoms with Crippen molar-refractivity contribution in [3.05, 3.63) is 59.2 Å². The number of phenols is 1. The molecule has 21 heavy (non-hydrogen) atoms. The van der Waals surface area contributed by atoms with Crippen LogP contribution < -0.4 is 4.74 Å². The molecule has 1 aliphatic heterocycles. The normalized spacial score (nSPS) is 16.7. The van der Waals surface area contributed by atoms with E-state index >= 15 is 0 Å². The van der Waals surface area contributed by atoms with Gasteiger partial charge in [0.25, 0.3) is 0 Å². The van der Waals surface area contributed by atoms with E-state index in [-0.39, 0.29) is 6.10 Å². The molecule has 1 unspecified atom stereocenters. The minimum absolute atomic E-state index is 0.230. The first-order valence-corrected chi connectivity index (χ1v) is 7.39. The third kappa shape index (κ3) is 3.56. The molecular weight excluding hydrogens is 264 g/mol. The smallest absolute Gasteiger partial charge is 0.126 e. The first-order chi connectivity index (χ1) is 10.3. The van der Waals surface area contributed by atoms with Gasteiger partial charge in [0.2, 0.25) is 0 Å². The monoisotopic (exact) mass is 284 g/mol. The van der Waals surface area contributed by atoms with Crippen LogP contribution in [0, 0.1) is 0 Å². The Hall–Kier alpha value is -2.00. The van der Waals surface area contributed by atoms with Crippen molar-refractivity contribution >= 4 is 0 Å². The number of benzene rings is 2. The maximum absolute atomic E-state index is 9.94. The predicted octanol–water partition coefficient (Wildman–Crippen LogP) is 3.32. The Labute approximate surface area is 125 Å². The number of aromatic hydroxyl groups is 1. The van der Waals surface area contributed by atoms with Gasteiger partial charge in [-0.1, -0.05) is 37.3 Å². The van der Waals surface area contributed by atoms with Gasteiger partial charge in [-0.15, -0.1) is 0 Å². The minimum atomic E-state index is 0.230. The fraction of sp³-hybridized carbons (Fsp3) is 0.333. The molecule has 0 amide bonds. The number of phenolic OH excluding ortho intramolecular Hbond substituents is 1. The third-order valence-corrected chi connectivity index (χ3v) is 3.66. The summed E-state index contributed by atoms with van der Waals surface area (Å²) in [4.78, 5) is 0. The van der Waals surface area contributed by atoms with Crippen molar-refractivity contribution in [1.82, 2.24) is 0 Å². The van der Waals surface area contributed by atoms with Gasteiger partial charge in [-0.2, -0.15) is 0 Å².